The summed E-state index contributed by atoms with van der Waals surface area (Å²) in [4.78, 5) is 23.3. The van der Waals surface area contributed by atoms with Gasteiger partial charge < -0.3 is 14.4 Å². The molecule has 0 saturated carbocycles. The summed E-state index contributed by atoms with van der Waals surface area (Å²) in [6.07, 6.45) is 0. The number of carboxylic acid groups (broad SMARTS) is 1. The molecule has 110 valence electrons. The van der Waals surface area contributed by atoms with Gasteiger partial charge in [-0.25, -0.2) is 4.79 Å². The molecule has 0 aliphatic carbocycles. The van der Waals surface area contributed by atoms with Crippen LogP contribution in [0, 0.1) is 6.92 Å². The third kappa shape index (κ3) is 3.13. The number of hydrogen-bond acceptors (Lipinski definition) is 3. The summed E-state index contributed by atoms with van der Waals surface area (Å²) in [5.41, 5.74) is 0.396. The fourth-order valence-corrected chi connectivity index (χ4v) is 2.32. The highest BCUT2D eigenvalue weighted by Gasteiger charge is 2.19. The molecule has 2 aromatic rings. The first-order chi connectivity index (χ1) is 10.0. The normalized spacial score (nSPS) is 10.4. The number of hydrogen-bond donors (Lipinski definition) is 1. The minimum absolute atomic E-state index is 0.0381. The Morgan fingerprint density at radius 3 is 2.52 bits per heavy atom. The molecule has 1 aromatic heterocycles. The van der Waals surface area contributed by atoms with Crippen molar-refractivity contribution in [3.63, 3.8) is 0 Å². The van der Waals surface area contributed by atoms with Gasteiger partial charge in [-0.3, -0.25) is 4.79 Å². The molecule has 0 amide bonds. The van der Waals surface area contributed by atoms with E-state index in [1.54, 1.807) is 23.6 Å². The molecule has 0 aliphatic heterocycles. The molecule has 0 bridgehead atoms. The van der Waals surface area contributed by atoms with Crippen molar-refractivity contribution in [1.29, 1.82) is 0 Å². The number of aryl methyl sites for hydroxylation is 1. The zero-order chi connectivity index (χ0) is 15.4. The van der Waals surface area contributed by atoms with Crippen LogP contribution in [0.2, 0.25) is 0 Å². The van der Waals surface area contributed by atoms with E-state index < -0.39 is 11.4 Å². The SMILES string of the molecule is CCn1c(C)cc(=O)c(C(=O)O)c1COc1ccccc1. The summed E-state index contributed by atoms with van der Waals surface area (Å²) in [5.74, 6) is -0.598. The molecule has 0 unspecified atom stereocenters. The zero-order valence-electron chi connectivity index (χ0n) is 12.0. The highest BCUT2D eigenvalue weighted by molar-refractivity contribution is 5.88. The van der Waals surface area contributed by atoms with Crippen molar-refractivity contribution in [2.45, 2.75) is 27.0 Å². The van der Waals surface area contributed by atoms with E-state index in [9.17, 15) is 14.7 Å². The van der Waals surface area contributed by atoms with Crippen molar-refractivity contribution in [2.75, 3.05) is 0 Å². The van der Waals surface area contributed by atoms with Crippen LogP contribution in [0.3, 0.4) is 0 Å². The highest BCUT2D eigenvalue weighted by atomic mass is 16.5. The summed E-state index contributed by atoms with van der Waals surface area (Å²) in [6, 6.07) is 10.4. The van der Waals surface area contributed by atoms with Gasteiger partial charge in [0.25, 0.3) is 0 Å². The second kappa shape index (κ2) is 6.26. The number of aromatic nitrogens is 1. The van der Waals surface area contributed by atoms with Crippen LogP contribution in [-0.2, 0) is 13.2 Å². The Morgan fingerprint density at radius 1 is 1.29 bits per heavy atom. The highest BCUT2D eigenvalue weighted by Crippen LogP contribution is 2.15. The topological polar surface area (TPSA) is 68.5 Å². The molecule has 5 nitrogen and oxygen atoms in total. The molecule has 5 heteroatoms. The van der Waals surface area contributed by atoms with Crippen LogP contribution >= 0.6 is 0 Å². The van der Waals surface area contributed by atoms with Crippen LogP contribution in [0.25, 0.3) is 0 Å². The monoisotopic (exact) mass is 287 g/mol. The van der Waals surface area contributed by atoms with E-state index in [1.807, 2.05) is 25.1 Å². The predicted octanol–water partition coefficient (Wildman–Crippen LogP) is 2.45. The van der Waals surface area contributed by atoms with Gasteiger partial charge in [0.15, 0.2) is 5.43 Å². The van der Waals surface area contributed by atoms with Crippen molar-refractivity contribution >= 4 is 5.97 Å². The van der Waals surface area contributed by atoms with Gasteiger partial charge in [-0.15, -0.1) is 0 Å². The van der Waals surface area contributed by atoms with Crippen molar-refractivity contribution in [2.24, 2.45) is 0 Å². The van der Waals surface area contributed by atoms with Crippen LogP contribution in [0.5, 0.6) is 5.75 Å². The average molecular weight is 287 g/mol. The smallest absolute Gasteiger partial charge is 0.341 e. The lowest BCUT2D eigenvalue weighted by molar-refractivity contribution is 0.0690. The van der Waals surface area contributed by atoms with Crippen LogP contribution in [-0.4, -0.2) is 15.6 Å². The average Bonchev–Trinajstić information content (AvgIpc) is 2.45. The number of pyridine rings is 1. The van der Waals surface area contributed by atoms with Crippen LogP contribution in [0.4, 0.5) is 0 Å². The predicted molar refractivity (Wildman–Crippen MR) is 78.8 cm³/mol. The number of rotatable bonds is 5. The van der Waals surface area contributed by atoms with Gasteiger partial charge in [-0.1, -0.05) is 18.2 Å². The molecule has 0 fully saturated rings. The first kappa shape index (κ1) is 14.8. The molecule has 1 heterocycles. The molecule has 1 aromatic carbocycles. The Morgan fingerprint density at radius 2 is 1.95 bits per heavy atom. The molecule has 0 atom stereocenters. The van der Waals surface area contributed by atoms with Crippen LogP contribution in [0.15, 0.2) is 41.2 Å². The first-order valence-corrected chi connectivity index (χ1v) is 6.69. The number of benzene rings is 1. The van der Waals surface area contributed by atoms with Crippen molar-refractivity contribution < 1.29 is 14.6 Å². The Kier molecular flexibility index (Phi) is 4.42. The first-order valence-electron chi connectivity index (χ1n) is 6.69. The Labute approximate surface area is 122 Å². The Balaban J connectivity index is 2.45. The van der Waals surface area contributed by atoms with Gasteiger partial charge >= 0.3 is 5.97 Å². The maximum absolute atomic E-state index is 11.9. The fraction of sp³-hybridized carbons (Fsp3) is 0.250. The van der Waals surface area contributed by atoms with Gasteiger partial charge in [0.1, 0.15) is 17.9 Å². The van der Waals surface area contributed by atoms with E-state index in [1.165, 1.54) is 6.07 Å². The van der Waals surface area contributed by atoms with E-state index in [-0.39, 0.29) is 12.2 Å². The molecule has 2 rings (SSSR count). The lowest BCUT2D eigenvalue weighted by Crippen LogP contribution is -2.25. The second-order valence-electron chi connectivity index (χ2n) is 4.62. The van der Waals surface area contributed by atoms with Crippen LogP contribution in [0.1, 0.15) is 28.7 Å². The number of nitrogens with zero attached hydrogens (tertiary/aromatic N) is 1. The summed E-state index contributed by atoms with van der Waals surface area (Å²) < 4.78 is 7.40. The summed E-state index contributed by atoms with van der Waals surface area (Å²) >= 11 is 0. The number of ether oxygens (including phenoxy) is 1. The van der Waals surface area contributed by atoms with Crippen molar-refractivity contribution in [3.8, 4) is 5.75 Å². The maximum atomic E-state index is 11.9. The third-order valence-electron chi connectivity index (χ3n) is 3.28. The molecule has 0 aliphatic rings. The Hall–Kier alpha value is -2.56. The number of carboxylic acids is 1. The quantitative estimate of drug-likeness (QED) is 0.917. The minimum atomic E-state index is -1.23. The van der Waals surface area contributed by atoms with Gasteiger partial charge in [0.2, 0.25) is 0 Å². The number of carbonyl (C=O) groups is 1. The van der Waals surface area contributed by atoms with Gasteiger partial charge in [0, 0.05) is 18.3 Å². The lowest BCUT2D eigenvalue weighted by atomic mass is 10.1. The zero-order valence-corrected chi connectivity index (χ0v) is 12.0. The third-order valence-corrected chi connectivity index (χ3v) is 3.28. The van der Waals surface area contributed by atoms with E-state index >= 15 is 0 Å². The van der Waals surface area contributed by atoms with Gasteiger partial charge in [-0.05, 0) is 26.0 Å². The molecule has 0 saturated heterocycles. The van der Waals surface area contributed by atoms with E-state index in [0.29, 0.717) is 18.0 Å². The van der Waals surface area contributed by atoms with Gasteiger partial charge in [-0.2, -0.15) is 0 Å². The largest absolute Gasteiger partial charge is 0.487 e. The Bertz CT molecular complexity index is 704. The minimum Gasteiger partial charge on any atom is -0.487 e. The number of aromatic carboxylic acids is 1. The molecule has 0 spiro atoms. The van der Waals surface area contributed by atoms with Crippen molar-refractivity contribution in [1.82, 2.24) is 4.57 Å². The number of para-hydroxylation sites is 1. The maximum Gasteiger partial charge on any atom is 0.341 e. The summed E-state index contributed by atoms with van der Waals surface area (Å²) in [7, 11) is 0. The van der Waals surface area contributed by atoms with E-state index in [2.05, 4.69) is 0 Å². The van der Waals surface area contributed by atoms with Gasteiger partial charge in [0.05, 0.1) is 5.69 Å². The molecular weight excluding hydrogens is 270 g/mol. The van der Waals surface area contributed by atoms with E-state index in [4.69, 9.17) is 4.74 Å². The molecule has 1 N–H and O–H groups in total. The summed E-state index contributed by atoms with van der Waals surface area (Å²) in [5, 5.41) is 9.29. The lowest BCUT2D eigenvalue weighted by Gasteiger charge is -2.17. The van der Waals surface area contributed by atoms with Crippen molar-refractivity contribution in [3.05, 3.63) is 63.6 Å². The van der Waals surface area contributed by atoms with Crippen LogP contribution < -0.4 is 10.2 Å². The fourth-order valence-electron chi connectivity index (χ4n) is 2.32. The molecular formula is C16H17NO4. The standard InChI is InChI=1S/C16H17NO4/c1-3-17-11(2)9-14(18)15(16(19)20)13(17)10-21-12-7-5-4-6-8-12/h4-9H,3,10H2,1-2H3,(H,19,20). The molecule has 0 radical (unpaired) electrons. The second-order valence-corrected chi connectivity index (χ2v) is 4.62. The van der Waals surface area contributed by atoms with E-state index in [0.717, 1.165) is 5.69 Å². The molecule has 21 heavy (non-hydrogen) atoms. The summed E-state index contributed by atoms with van der Waals surface area (Å²) in [6.45, 7) is 4.29.